The second-order valence-electron chi connectivity index (χ2n) is 16.2. The summed E-state index contributed by atoms with van der Waals surface area (Å²) >= 11 is 0. The number of amides is 4. The Morgan fingerprint density at radius 1 is 0.418 bits per heavy atom. The minimum Gasteiger partial charge on any atom is -0.483 e. The number of nitro groups is 1. The quantitative estimate of drug-likeness (QED) is 0.0541. The molecule has 0 saturated heterocycles. The molecule has 5 rings (SSSR count). The number of rotatable bonds is 21. The Hall–Kier alpha value is -6.64. The number of fused-ring (bicyclic) bond motifs is 8. The molecule has 15 nitrogen and oxygen atoms in total. The molecule has 8 bridgehead atoms. The first-order chi connectivity index (χ1) is 32.3. The van der Waals surface area contributed by atoms with Crippen LogP contribution in [0.15, 0.2) is 66.7 Å². The van der Waals surface area contributed by atoms with Gasteiger partial charge in [-0.2, -0.15) is 0 Å². The highest BCUT2D eigenvalue weighted by Gasteiger charge is 2.27. The van der Waals surface area contributed by atoms with E-state index in [0.717, 1.165) is 11.1 Å². The first-order valence-electron chi connectivity index (χ1n) is 23.6. The van der Waals surface area contributed by atoms with Gasteiger partial charge in [0.05, 0.1) is 4.92 Å². The van der Waals surface area contributed by atoms with Crippen LogP contribution < -0.4 is 18.9 Å². The molecule has 0 unspecified atom stereocenters. The van der Waals surface area contributed by atoms with Crippen LogP contribution in [0.4, 0.5) is 5.69 Å². The number of para-hydroxylation sites is 3. The molecule has 1 aliphatic carbocycles. The van der Waals surface area contributed by atoms with Crippen LogP contribution >= 0.6 is 0 Å². The molecule has 67 heavy (non-hydrogen) atoms. The number of hydrogen-bond acceptors (Lipinski definition) is 10. The first-order valence-corrected chi connectivity index (χ1v) is 23.6. The van der Waals surface area contributed by atoms with E-state index in [2.05, 4.69) is 0 Å². The van der Waals surface area contributed by atoms with E-state index in [9.17, 15) is 29.3 Å². The van der Waals surface area contributed by atoms with Gasteiger partial charge in [-0.3, -0.25) is 29.3 Å². The number of hydrogen-bond donors (Lipinski definition) is 0. The maximum absolute atomic E-state index is 13.5. The van der Waals surface area contributed by atoms with Gasteiger partial charge in [0, 0.05) is 101 Å². The average Bonchev–Trinajstić information content (AvgIpc) is 3.31. The lowest BCUT2D eigenvalue weighted by atomic mass is 9.91. The zero-order valence-corrected chi connectivity index (χ0v) is 40.5. The summed E-state index contributed by atoms with van der Waals surface area (Å²) in [6.07, 6.45) is 0.648. The van der Waals surface area contributed by atoms with Gasteiger partial charge < -0.3 is 38.5 Å². The summed E-state index contributed by atoms with van der Waals surface area (Å²) < 4.78 is 26.1. The SMILES string of the molecule is CCN(CC)C(=O)COc1c2cccc1Cc1cccc(c1OCC(=O)N(CC)CC)Cc1cc([N+](=O)[O-])cc(c1OCC(=O)N(CC)CC)Cc1cccc(c1OCC(=O)N(CC)CC)C2. The van der Waals surface area contributed by atoms with Gasteiger partial charge in [0.15, 0.2) is 26.4 Å². The fourth-order valence-corrected chi connectivity index (χ4v) is 8.62. The van der Waals surface area contributed by atoms with Crippen LogP contribution in [0, 0.1) is 10.1 Å². The Labute approximate surface area is 395 Å². The molecule has 0 saturated carbocycles. The predicted molar refractivity (Wildman–Crippen MR) is 257 cm³/mol. The van der Waals surface area contributed by atoms with Gasteiger partial charge in [0.2, 0.25) is 0 Å². The molecular weight excluding hydrogens is 855 g/mol. The maximum atomic E-state index is 13.5. The number of likely N-dealkylation sites (N-methyl/N-ethyl adjacent to an activating group) is 4. The molecule has 0 aliphatic heterocycles. The lowest BCUT2D eigenvalue weighted by Gasteiger charge is -2.24. The molecular formula is C52H67N5O10. The number of nitrogens with zero attached hydrogens (tertiary/aromatic N) is 5. The van der Waals surface area contributed by atoms with Crippen LogP contribution in [0.25, 0.3) is 0 Å². The van der Waals surface area contributed by atoms with E-state index in [1.54, 1.807) is 19.6 Å². The van der Waals surface area contributed by atoms with E-state index in [1.165, 1.54) is 12.1 Å². The van der Waals surface area contributed by atoms with Crippen LogP contribution in [-0.4, -0.2) is 127 Å². The molecule has 1 aliphatic rings. The van der Waals surface area contributed by atoms with Crippen LogP contribution in [0.1, 0.15) is 99.9 Å². The molecule has 0 N–H and O–H groups in total. The third kappa shape index (κ3) is 12.8. The minimum atomic E-state index is -0.456. The molecule has 0 aromatic heterocycles. The van der Waals surface area contributed by atoms with Crippen molar-refractivity contribution in [2.45, 2.75) is 81.1 Å². The number of carbonyl (C=O) groups is 4. The zero-order valence-electron chi connectivity index (χ0n) is 40.5. The Balaban J connectivity index is 1.80. The Morgan fingerprint density at radius 3 is 0.836 bits per heavy atom. The molecule has 0 spiro atoms. The highest BCUT2D eigenvalue weighted by Crippen LogP contribution is 2.40. The van der Waals surface area contributed by atoms with E-state index in [0.29, 0.717) is 109 Å². The van der Waals surface area contributed by atoms with E-state index in [1.807, 2.05) is 110 Å². The van der Waals surface area contributed by atoms with Gasteiger partial charge >= 0.3 is 0 Å². The van der Waals surface area contributed by atoms with Crippen LogP contribution in [0.5, 0.6) is 23.0 Å². The van der Waals surface area contributed by atoms with Crippen LogP contribution in [0.3, 0.4) is 0 Å². The molecule has 0 heterocycles. The van der Waals surface area contributed by atoms with Gasteiger partial charge in [0.1, 0.15) is 23.0 Å². The Kier molecular flexibility index (Phi) is 19.0. The highest BCUT2D eigenvalue weighted by molar-refractivity contribution is 5.79. The number of ether oxygens (including phenoxy) is 4. The zero-order chi connectivity index (χ0) is 48.6. The van der Waals surface area contributed by atoms with Crippen molar-refractivity contribution in [1.82, 2.24) is 19.6 Å². The maximum Gasteiger partial charge on any atom is 0.270 e. The first kappa shape index (κ1) is 51.3. The number of carbonyl (C=O) groups excluding carboxylic acids is 4. The molecule has 0 radical (unpaired) electrons. The summed E-state index contributed by atoms with van der Waals surface area (Å²) in [7, 11) is 0. The lowest BCUT2D eigenvalue weighted by Crippen LogP contribution is -2.35. The van der Waals surface area contributed by atoms with Crippen molar-refractivity contribution in [3.8, 4) is 23.0 Å². The summed E-state index contributed by atoms with van der Waals surface area (Å²) in [6.45, 7) is 18.1. The Bertz CT molecular complexity index is 2250. The summed E-state index contributed by atoms with van der Waals surface area (Å²) in [6, 6.07) is 20.0. The van der Waals surface area contributed by atoms with Gasteiger partial charge in [-0.15, -0.1) is 0 Å². The van der Waals surface area contributed by atoms with Crippen molar-refractivity contribution < 1.29 is 43.0 Å². The van der Waals surface area contributed by atoms with E-state index < -0.39 is 4.92 Å². The van der Waals surface area contributed by atoms with E-state index in [-0.39, 0.29) is 81.4 Å². The van der Waals surface area contributed by atoms with Crippen molar-refractivity contribution in [3.05, 3.63) is 121 Å². The van der Waals surface area contributed by atoms with Crippen LogP contribution in [-0.2, 0) is 44.9 Å². The standard InChI is InChI=1S/C52H67N5O10/c1-9-53(10-2)45(58)32-64-49-36-20-17-21-37(49)27-39-23-19-25-41(51(39)66-34-47(60)55(13-5)14-6)29-43-31-44(57(62)63)30-42(52(43)67-35-48(61)56(15-7)16-8)28-40-24-18-22-38(26-36)50(40)65-33-46(59)54(11-3)12-4/h17-25,30-31H,9-16,26-29,32-35H2,1-8H3. The normalized spacial score (nSPS) is 11.8. The highest BCUT2D eigenvalue weighted by atomic mass is 16.6. The third-order valence-corrected chi connectivity index (χ3v) is 12.3. The van der Waals surface area contributed by atoms with Gasteiger partial charge in [-0.25, -0.2) is 0 Å². The fourth-order valence-electron chi connectivity index (χ4n) is 8.62. The monoisotopic (exact) mass is 921 g/mol. The van der Waals surface area contributed by atoms with Crippen molar-refractivity contribution >= 4 is 29.3 Å². The minimum absolute atomic E-state index is 0.0651. The van der Waals surface area contributed by atoms with Crippen LogP contribution in [0.2, 0.25) is 0 Å². The van der Waals surface area contributed by atoms with Gasteiger partial charge in [0.25, 0.3) is 29.3 Å². The molecule has 360 valence electrons. The summed E-state index contributed by atoms with van der Waals surface area (Å²) in [5, 5.41) is 12.8. The molecule has 4 amide bonds. The van der Waals surface area contributed by atoms with Gasteiger partial charge in [-0.05, 0) is 88.8 Å². The smallest absolute Gasteiger partial charge is 0.270 e. The van der Waals surface area contributed by atoms with Crippen molar-refractivity contribution in [1.29, 1.82) is 0 Å². The molecule has 4 aromatic rings. The molecule has 15 heteroatoms. The second-order valence-corrected chi connectivity index (χ2v) is 16.2. The topological polar surface area (TPSA) is 161 Å². The molecule has 0 atom stereocenters. The molecule has 4 aromatic carbocycles. The van der Waals surface area contributed by atoms with Crippen molar-refractivity contribution in [2.75, 3.05) is 78.8 Å². The van der Waals surface area contributed by atoms with E-state index >= 15 is 0 Å². The van der Waals surface area contributed by atoms with Crippen molar-refractivity contribution in [2.24, 2.45) is 0 Å². The summed E-state index contributed by atoms with van der Waals surface area (Å²) in [5.41, 5.74) is 4.84. The fraction of sp³-hybridized carbons (Fsp3) is 0.462. The Morgan fingerprint density at radius 2 is 0.627 bits per heavy atom. The number of nitro benzene ring substituents is 1. The number of non-ortho nitro benzene ring substituents is 1. The predicted octanol–water partition coefficient (Wildman–Crippen LogP) is 7.26. The number of benzene rings is 4. The van der Waals surface area contributed by atoms with Gasteiger partial charge in [-0.1, -0.05) is 54.6 Å². The third-order valence-electron chi connectivity index (χ3n) is 12.3. The lowest BCUT2D eigenvalue weighted by molar-refractivity contribution is -0.385. The van der Waals surface area contributed by atoms with E-state index in [4.69, 9.17) is 18.9 Å². The summed E-state index contributed by atoms with van der Waals surface area (Å²) in [4.78, 5) is 73.0. The largest absolute Gasteiger partial charge is 0.483 e. The molecule has 0 fully saturated rings. The second kappa shape index (κ2) is 24.8. The summed E-state index contributed by atoms with van der Waals surface area (Å²) in [5.74, 6) is 0.819. The van der Waals surface area contributed by atoms with Crippen molar-refractivity contribution in [3.63, 3.8) is 0 Å². The average molecular weight is 922 g/mol.